The molecule has 30 heavy (non-hydrogen) atoms. The third kappa shape index (κ3) is 4.96. The molecule has 0 bridgehead atoms. The summed E-state index contributed by atoms with van der Waals surface area (Å²) in [7, 11) is 0. The lowest BCUT2D eigenvalue weighted by Crippen LogP contribution is -2.36. The maximum Gasteiger partial charge on any atom is 0.308 e. The van der Waals surface area contributed by atoms with Gasteiger partial charge in [-0.25, -0.2) is 0 Å². The number of hydrogen-bond acceptors (Lipinski definition) is 6. The Morgan fingerprint density at radius 1 is 1.07 bits per heavy atom. The van der Waals surface area contributed by atoms with Crippen LogP contribution in [0.5, 0.6) is 5.75 Å². The van der Waals surface area contributed by atoms with Gasteiger partial charge in [-0.3, -0.25) is 24.1 Å². The molecule has 154 valence electrons. The van der Waals surface area contributed by atoms with Crippen LogP contribution in [0.2, 0.25) is 0 Å². The molecule has 0 atom stereocenters. The number of aryl methyl sites for hydroxylation is 2. The van der Waals surface area contributed by atoms with Crippen LogP contribution in [0.25, 0.3) is 6.08 Å². The van der Waals surface area contributed by atoms with Gasteiger partial charge in [0.05, 0.1) is 4.91 Å². The molecule has 1 heterocycles. The fourth-order valence-electron chi connectivity index (χ4n) is 2.92. The first-order chi connectivity index (χ1) is 14.2. The summed E-state index contributed by atoms with van der Waals surface area (Å²) in [5.41, 5.74) is 3.14. The largest absolute Gasteiger partial charge is 0.427 e. The Morgan fingerprint density at radius 2 is 1.70 bits per heavy atom. The van der Waals surface area contributed by atoms with E-state index in [2.05, 4.69) is 5.32 Å². The Labute approximate surface area is 178 Å². The molecule has 2 aromatic carbocycles. The molecule has 8 heteroatoms. The molecule has 7 nitrogen and oxygen atoms in total. The molecule has 3 amide bonds. The lowest BCUT2D eigenvalue weighted by molar-refractivity contribution is -0.131. The number of amides is 3. The lowest BCUT2D eigenvalue weighted by atomic mass is 10.1. The first-order valence-electron chi connectivity index (χ1n) is 9.14. The number of nitrogens with one attached hydrogen (secondary N) is 1. The van der Waals surface area contributed by atoms with Crippen molar-refractivity contribution >= 4 is 46.5 Å². The fraction of sp³-hybridized carbons (Fsp3) is 0.182. The van der Waals surface area contributed by atoms with E-state index < -0.39 is 23.0 Å². The van der Waals surface area contributed by atoms with Gasteiger partial charge in [0.15, 0.2) is 0 Å². The van der Waals surface area contributed by atoms with Crippen molar-refractivity contribution in [1.82, 2.24) is 4.90 Å². The molecule has 1 fully saturated rings. The summed E-state index contributed by atoms with van der Waals surface area (Å²) < 4.78 is 4.97. The summed E-state index contributed by atoms with van der Waals surface area (Å²) in [5, 5.41) is 2.28. The van der Waals surface area contributed by atoms with Gasteiger partial charge in [0.2, 0.25) is 5.91 Å². The minimum atomic E-state index is -0.522. The predicted octanol–water partition coefficient (Wildman–Crippen LogP) is 3.90. The minimum Gasteiger partial charge on any atom is -0.427 e. The van der Waals surface area contributed by atoms with E-state index in [0.717, 1.165) is 27.8 Å². The number of carbonyl (C=O) groups excluding carboxylic acids is 4. The zero-order valence-corrected chi connectivity index (χ0v) is 17.5. The third-order valence-electron chi connectivity index (χ3n) is 4.36. The second-order valence-electron chi connectivity index (χ2n) is 6.75. The van der Waals surface area contributed by atoms with E-state index in [-0.39, 0.29) is 11.4 Å². The number of esters is 1. The number of anilines is 1. The van der Waals surface area contributed by atoms with Crippen LogP contribution >= 0.6 is 11.8 Å². The Balaban J connectivity index is 1.69. The van der Waals surface area contributed by atoms with Gasteiger partial charge in [-0.1, -0.05) is 30.3 Å². The van der Waals surface area contributed by atoms with Gasteiger partial charge < -0.3 is 10.1 Å². The summed E-state index contributed by atoms with van der Waals surface area (Å²) in [4.78, 5) is 49.4. The minimum absolute atomic E-state index is 0.222. The summed E-state index contributed by atoms with van der Waals surface area (Å²) in [6.45, 7) is 4.69. The molecule has 1 N–H and O–H groups in total. The number of para-hydroxylation sites is 1. The fourth-order valence-corrected chi connectivity index (χ4v) is 3.76. The Hall–Kier alpha value is -3.39. The van der Waals surface area contributed by atoms with Gasteiger partial charge >= 0.3 is 5.97 Å². The van der Waals surface area contributed by atoms with Gasteiger partial charge in [-0.05, 0) is 60.5 Å². The van der Waals surface area contributed by atoms with Gasteiger partial charge in [-0.2, -0.15) is 0 Å². The maximum absolute atomic E-state index is 12.6. The summed E-state index contributed by atoms with van der Waals surface area (Å²) in [6, 6.07) is 12.2. The quantitative estimate of drug-likeness (QED) is 0.445. The molecule has 0 unspecified atom stereocenters. The van der Waals surface area contributed by atoms with Crippen molar-refractivity contribution in [2.75, 3.05) is 11.9 Å². The molecule has 1 aliphatic rings. The molecular weight excluding hydrogens is 404 g/mol. The predicted molar refractivity (Wildman–Crippen MR) is 115 cm³/mol. The van der Waals surface area contributed by atoms with E-state index in [1.54, 1.807) is 30.3 Å². The van der Waals surface area contributed by atoms with Crippen molar-refractivity contribution in [3.63, 3.8) is 0 Å². The molecule has 0 spiro atoms. The highest BCUT2D eigenvalue weighted by Crippen LogP contribution is 2.32. The van der Waals surface area contributed by atoms with Crippen molar-refractivity contribution in [1.29, 1.82) is 0 Å². The average molecular weight is 424 g/mol. The van der Waals surface area contributed by atoms with E-state index >= 15 is 0 Å². The number of imide groups is 1. The SMILES string of the molecule is CC(=O)Oc1ccc(/C=C2/SC(=O)N(CC(=O)Nc3c(C)cccc3C)C2=O)cc1. The van der Waals surface area contributed by atoms with Gasteiger partial charge in [0.25, 0.3) is 11.1 Å². The zero-order chi connectivity index (χ0) is 21.8. The highest BCUT2D eigenvalue weighted by molar-refractivity contribution is 8.18. The standard InChI is InChI=1S/C22H20N2O5S/c1-13-5-4-6-14(2)20(13)23-19(26)12-24-21(27)18(30-22(24)28)11-16-7-9-17(10-8-16)29-15(3)25/h4-11H,12H2,1-3H3,(H,23,26)/b18-11+. The highest BCUT2D eigenvalue weighted by atomic mass is 32.2. The van der Waals surface area contributed by atoms with E-state index in [4.69, 9.17) is 4.74 Å². The lowest BCUT2D eigenvalue weighted by Gasteiger charge is -2.15. The van der Waals surface area contributed by atoms with Crippen molar-refractivity contribution in [3.05, 3.63) is 64.1 Å². The first kappa shape index (κ1) is 21.3. The third-order valence-corrected chi connectivity index (χ3v) is 5.27. The Bertz CT molecular complexity index is 1040. The maximum atomic E-state index is 12.6. The molecular formula is C22H20N2O5S. The van der Waals surface area contributed by atoms with Gasteiger partial charge in [0, 0.05) is 12.6 Å². The number of nitrogens with zero attached hydrogens (tertiary/aromatic N) is 1. The number of thioether (sulfide) groups is 1. The molecule has 1 aliphatic heterocycles. The molecule has 3 rings (SSSR count). The Morgan fingerprint density at radius 3 is 2.30 bits per heavy atom. The monoisotopic (exact) mass is 424 g/mol. The molecule has 0 radical (unpaired) electrons. The smallest absolute Gasteiger partial charge is 0.308 e. The van der Waals surface area contributed by atoms with Crippen LogP contribution in [-0.2, 0) is 14.4 Å². The van der Waals surface area contributed by atoms with Gasteiger partial charge in [0.1, 0.15) is 12.3 Å². The van der Waals surface area contributed by atoms with Crippen LogP contribution in [-0.4, -0.2) is 34.5 Å². The van der Waals surface area contributed by atoms with Crippen molar-refractivity contribution in [3.8, 4) is 5.75 Å². The number of carbonyl (C=O) groups is 4. The zero-order valence-electron chi connectivity index (χ0n) is 16.7. The Kier molecular flexibility index (Phi) is 6.37. The molecule has 0 aliphatic carbocycles. The van der Waals surface area contributed by atoms with Crippen LogP contribution in [0.4, 0.5) is 10.5 Å². The van der Waals surface area contributed by atoms with Crippen LogP contribution in [0, 0.1) is 13.8 Å². The van der Waals surface area contributed by atoms with Crippen LogP contribution in [0.15, 0.2) is 47.4 Å². The van der Waals surface area contributed by atoms with E-state index in [1.807, 2.05) is 32.0 Å². The number of rotatable bonds is 5. The summed E-state index contributed by atoms with van der Waals surface area (Å²) >= 11 is 0.779. The normalized spacial score (nSPS) is 14.9. The van der Waals surface area contributed by atoms with E-state index in [0.29, 0.717) is 17.0 Å². The molecule has 1 saturated heterocycles. The van der Waals surface area contributed by atoms with Crippen molar-refractivity contribution < 1.29 is 23.9 Å². The van der Waals surface area contributed by atoms with E-state index in [1.165, 1.54) is 6.92 Å². The first-order valence-corrected chi connectivity index (χ1v) is 9.96. The number of hydrogen-bond donors (Lipinski definition) is 1. The second-order valence-corrected chi connectivity index (χ2v) is 7.74. The number of ether oxygens (including phenoxy) is 1. The molecule has 0 aromatic heterocycles. The van der Waals surface area contributed by atoms with Crippen LogP contribution < -0.4 is 10.1 Å². The van der Waals surface area contributed by atoms with Crippen molar-refractivity contribution in [2.24, 2.45) is 0 Å². The summed E-state index contributed by atoms with van der Waals surface area (Å²) in [5.74, 6) is -1.01. The average Bonchev–Trinajstić information content (AvgIpc) is 2.93. The molecule has 0 saturated carbocycles. The van der Waals surface area contributed by atoms with Crippen LogP contribution in [0.1, 0.15) is 23.6 Å². The number of benzene rings is 2. The van der Waals surface area contributed by atoms with Gasteiger partial charge in [-0.15, -0.1) is 0 Å². The molecule has 2 aromatic rings. The second kappa shape index (κ2) is 8.96. The summed E-state index contributed by atoms with van der Waals surface area (Å²) in [6.07, 6.45) is 1.56. The van der Waals surface area contributed by atoms with E-state index in [9.17, 15) is 19.2 Å². The topological polar surface area (TPSA) is 92.8 Å². The van der Waals surface area contributed by atoms with Crippen LogP contribution in [0.3, 0.4) is 0 Å². The highest BCUT2D eigenvalue weighted by Gasteiger charge is 2.36. The van der Waals surface area contributed by atoms with Crippen molar-refractivity contribution in [2.45, 2.75) is 20.8 Å².